The number of benzene rings is 3. The van der Waals surface area contributed by atoms with Crippen molar-refractivity contribution in [2.75, 3.05) is 7.11 Å². The van der Waals surface area contributed by atoms with E-state index in [9.17, 15) is 0 Å². The lowest BCUT2D eigenvalue weighted by molar-refractivity contribution is 0.227. The third-order valence-electron chi connectivity index (χ3n) is 6.41. The minimum atomic E-state index is 0.0877. The maximum atomic E-state index is 6.22. The van der Waals surface area contributed by atoms with Crippen molar-refractivity contribution >= 4 is 27.5 Å². The Morgan fingerprint density at radius 2 is 1.59 bits per heavy atom. The van der Waals surface area contributed by atoms with Gasteiger partial charge in [-0.1, -0.05) is 59.3 Å². The minimum Gasteiger partial charge on any atom is -0.489 e. The normalized spacial score (nSPS) is 16.5. The molecule has 1 aliphatic rings. The maximum absolute atomic E-state index is 6.22. The van der Waals surface area contributed by atoms with E-state index in [0.29, 0.717) is 12.5 Å². The van der Waals surface area contributed by atoms with E-state index in [0.717, 1.165) is 64.1 Å². The first kappa shape index (κ1) is 26.7. The molecule has 0 saturated carbocycles. The lowest BCUT2D eigenvalue weighted by Crippen LogP contribution is -2.19. The standard InChI is InChI=1S/C32H34BrNO3/c1-4-23(2)31(25-14-20-28(21-15-25)37-30-13-9-8-12-29(30)33)34-32(35-3)26-16-18-27(19-17-26)36-22-24-10-6-5-7-11-24/h5-7,10-12,14-21,30H,4,8-9,13,22H2,1-3H3. The topological polar surface area (TPSA) is 40.0 Å². The Balaban J connectivity index is 1.50. The molecule has 0 aromatic heterocycles. The summed E-state index contributed by atoms with van der Waals surface area (Å²) < 4.78 is 19.0. The molecule has 192 valence electrons. The largest absolute Gasteiger partial charge is 0.489 e. The molecule has 0 aliphatic heterocycles. The Hall–Kier alpha value is -3.31. The molecule has 0 heterocycles. The fraction of sp³-hybridized carbons (Fsp3) is 0.281. The third-order valence-corrected chi connectivity index (χ3v) is 7.25. The van der Waals surface area contributed by atoms with E-state index >= 15 is 0 Å². The number of hydrogen-bond acceptors (Lipinski definition) is 4. The highest BCUT2D eigenvalue weighted by Crippen LogP contribution is 2.30. The van der Waals surface area contributed by atoms with E-state index in [4.69, 9.17) is 19.2 Å². The van der Waals surface area contributed by atoms with Crippen LogP contribution in [0.25, 0.3) is 5.70 Å². The fourth-order valence-electron chi connectivity index (χ4n) is 4.12. The van der Waals surface area contributed by atoms with Gasteiger partial charge in [-0.2, -0.15) is 0 Å². The van der Waals surface area contributed by atoms with Crippen molar-refractivity contribution in [2.24, 2.45) is 4.99 Å². The average molecular weight is 561 g/mol. The van der Waals surface area contributed by atoms with Crippen molar-refractivity contribution in [3.8, 4) is 11.5 Å². The summed E-state index contributed by atoms with van der Waals surface area (Å²) in [5.74, 6) is 2.23. The van der Waals surface area contributed by atoms with Crippen LogP contribution in [0.4, 0.5) is 0 Å². The van der Waals surface area contributed by atoms with Gasteiger partial charge in [0.1, 0.15) is 24.2 Å². The van der Waals surface area contributed by atoms with Gasteiger partial charge in [0.05, 0.1) is 12.8 Å². The van der Waals surface area contributed by atoms with Gasteiger partial charge in [0.25, 0.3) is 0 Å². The highest BCUT2D eigenvalue weighted by atomic mass is 79.9. The van der Waals surface area contributed by atoms with Gasteiger partial charge < -0.3 is 14.2 Å². The predicted molar refractivity (Wildman–Crippen MR) is 155 cm³/mol. The Morgan fingerprint density at radius 3 is 2.24 bits per heavy atom. The number of allylic oxidation sites excluding steroid dienone is 2. The van der Waals surface area contributed by atoms with Gasteiger partial charge in [0, 0.05) is 15.6 Å². The third kappa shape index (κ3) is 7.36. The first-order valence-corrected chi connectivity index (χ1v) is 13.6. The Morgan fingerprint density at radius 1 is 0.919 bits per heavy atom. The number of hydrogen-bond donors (Lipinski definition) is 0. The minimum absolute atomic E-state index is 0.0877. The molecule has 1 atom stereocenters. The molecular formula is C32H34BrNO3. The van der Waals surface area contributed by atoms with E-state index in [-0.39, 0.29) is 6.10 Å². The predicted octanol–water partition coefficient (Wildman–Crippen LogP) is 8.71. The van der Waals surface area contributed by atoms with E-state index < -0.39 is 0 Å². The highest BCUT2D eigenvalue weighted by Gasteiger charge is 2.17. The van der Waals surface area contributed by atoms with E-state index in [1.54, 1.807) is 7.11 Å². The molecule has 0 saturated heterocycles. The highest BCUT2D eigenvalue weighted by molar-refractivity contribution is 9.11. The van der Waals surface area contributed by atoms with Crippen LogP contribution in [0.3, 0.4) is 0 Å². The van der Waals surface area contributed by atoms with Gasteiger partial charge in [-0.25, -0.2) is 4.99 Å². The van der Waals surface area contributed by atoms with Crippen LogP contribution in [-0.2, 0) is 11.3 Å². The molecule has 4 rings (SSSR count). The smallest absolute Gasteiger partial charge is 0.221 e. The number of aliphatic imine (C=N–C) groups is 1. The zero-order chi connectivity index (χ0) is 26.0. The van der Waals surface area contributed by atoms with Gasteiger partial charge in [0.15, 0.2) is 0 Å². The van der Waals surface area contributed by atoms with Crippen molar-refractivity contribution in [2.45, 2.75) is 52.2 Å². The van der Waals surface area contributed by atoms with Crippen LogP contribution < -0.4 is 9.47 Å². The Bertz CT molecular complexity index is 1250. The van der Waals surface area contributed by atoms with Crippen molar-refractivity contribution < 1.29 is 14.2 Å². The monoisotopic (exact) mass is 559 g/mol. The van der Waals surface area contributed by atoms with Crippen molar-refractivity contribution in [3.05, 3.63) is 112 Å². The van der Waals surface area contributed by atoms with Crippen LogP contribution in [0.2, 0.25) is 0 Å². The van der Waals surface area contributed by atoms with E-state index in [1.807, 2.05) is 54.6 Å². The van der Waals surface area contributed by atoms with Gasteiger partial charge in [0.2, 0.25) is 5.90 Å². The molecule has 3 aromatic rings. The second-order valence-electron chi connectivity index (χ2n) is 9.05. The molecule has 4 nitrogen and oxygen atoms in total. The summed E-state index contributed by atoms with van der Waals surface area (Å²) >= 11 is 3.65. The first-order chi connectivity index (χ1) is 18.1. The second-order valence-corrected chi connectivity index (χ2v) is 9.97. The molecule has 37 heavy (non-hydrogen) atoms. The Labute approximate surface area is 228 Å². The SMILES string of the molecule is CCC(C)=C(N=C(OC)c1ccc(OCc2ccccc2)cc1)c1ccc(OC2CCCC=C2Br)cc1. The summed E-state index contributed by atoms with van der Waals surface area (Å²) in [5.41, 5.74) is 5.15. The number of nitrogens with zero attached hydrogens (tertiary/aromatic N) is 1. The van der Waals surface area contributed by atoms with E-state index in [2.05, 4.69) is 60.1 Å². The van der Waals surface area contributed by atoms with Crippen molar-refractivity contribution in [1.29, 1.82) is 0 Å². The van der Waals surface area contributed by atoms with Gasteiger partial charge in [-0.3, -0.25) is 0 Å². The van der Waals surface area contributed by atoms with Crippen LogP contribution in [-0.4, -0.2) is 19.1 Å². The molecule has 0 fully saturated rings. The second kappa shape index (κ2) is 13.3. The molecule has 0 spiro atoms. The number of halogens is 1. The van der Waals surface area contributed by atoms with Crippen LogP contribution in [0.5, 0.6) is 11.5 Å². The van der Waals surface area contributed by atoms with Crippen molar-refractivity contribution in [3.63, 3.8) is 0 Å². The summed E-state index contributed by atoms with van der Waals surface area (Å²) in [4.78, 5) is 4.96. The Kier molecular flexibility index (Phi) is 9.61. The first-order valence-electron chi connectivity index (χ1n) is 12.8. The van der Waals surface area contributed by atoms with Gasteiger partial charge >= 0.3 is 0 Å². The summed E-state index contributed by atoms with van der Waals surface area (Å²) in [6.45, 7) is 4.78. The van der Waals surface area contributed by atoms with E-state index in [1.165, 1.54) is 5.57 Å². The van der Waals surface area contributed by atoms with Gasteiger partial charge in [-0.15, -0.1) is 0 Å². The van der Waals surface area contributed by atoms with Crippen molar-refractivity contribution in [1.82, 2.24) is 0 Å². The average Bonchev–Trinajstić information content (AvgIpc) is 2.95. The molecule has 1 aliphatic carbocycles. The maximum Gasteiger partial charge on any atom is 0.221 e. The molecule has 1 unspecified atom stereocenters. The summed E-state index contributed by atoms with van der Waals surface area (Å²) in [6.07, 6.45) is 6.46. The summed E-state index contributed by atoms with van der Waals surface area (Å²) in [7, 11) is 1.66. The molecule has 0 radical (unpaired) electrons. The van der Waals surface area contributed by atoms with Crippen LogP contribution in [0, 0.1) is 0 Å². The number of rotatable bonds is 9. The van der Waals surface area contributed by atoms with Crippen LogP contribution in [0.15, 0.2) is 100.0 Å². The quantitative estimate of drug-likeness (QED) is 0.194. The summed E-state index contributed by atoms with van der Waals surface area (Å²) in [6, 6.07) is 26.2. The number of methoxy groups -OCH3 is 1. The fourth-order valence-corrected chi connectivity index (χ4v) is 4.67. The molecule has 0 bridgehead atoms. The lowest BCUT2D eigenvalue weighted by atomic mass is 10.0. The lowest BCUT2D eigenvalue weighted by Gasteiger charge is -2.22. The molecule has 3 aromatic carbocycles. The summed E-state index contributed by atoms with van der Waals surface area (Å²) in [5, 5.41) is 0. The van der Waals surface area contributed by atoms with Crippen LogP contribution in [0.1, 0.15) is 56.2 Å². The van der Waals surface area contributed by atoms with Gasteiger partial charge in [-0.05, 0) is 92.3 Å². The molecule has 0 amide bonds. The molecule has 0 N–H and O–H groups in total. The zero-order valence-corrected chi connectivity index (χ0v) is 23.3. The number of ether oxygens (including phenoxy) is 3. The molecular weight excluding hydrogens is 526 g/mol. The molecule has 5 heteroatoms. The van der Waals surface area contributed by atoms with Crippen LogP contribution >= 0.6 is 15.9 Å². The zero-order valence-electron chi connectivity index (χ0n) is 21.7.